The Bertz CT molecular complexity index is 870. The van der Waals surface area contributed by atoms with Crippen LogP contribution in [0.25, 0.3) is 0 Å². The number of amides is 2. The monoisotopic (exact) mass is 412 g/mol. The molecule has 2 N–H and O–H groups in total. The normalized spacial score (nSPS) is 13.8. The lowest BCUT2D eigenvalue weighted by Gasteiger charge is -2.11. The summed E-state index contributed by atoms with van der Waals surface area (Å²) in [7, 11) is 1.57. The van der Waals surface area contributed by atoms with Crippen molar-refractivity contribution in [2.24, 2.45) is 0 Å². The van der Waals surface area contributed by atoms with Crippen molar-refractivity contribution in [3.63, 3.8) is 0 Å². The smallest absolute Gasteiger partial charge is 0.241 e. The number of carbonyl (C=O) groups is 3. The zero-order valence-corrected chi connectivity index (χ0v) is 17.2. The van der Waals surface area contributed by atoms with Crippen LogP contribution < -0.4 is 15.4 Å². The average Bonchev–Trinajstić information content (AvgIpc) is 3.40. The van der Waals surface area contributed by atoms with Crippen LogP contribution >= 0.6 is 0 Å². The van der Waals surface area contributed by atoms with Crippen LogP contribution in [0.2, 0.25) is 0 Å². The molecule has 0 radical (unpaired) electrons. The standard InChI is InChI=1S/C22H28N4O4/c1-30-19-11-9-16(10-12-19)20(27)7-4-8-21(28)25-18-13-23-26(14-18)15-22(29)24-17-5-2-3-6-17/h9-14,17H,2-8,15H2,1H3,(H,24,29)(H,25,28). The highest BCUT2D eigenvalue weighted by Crippen LogP contribution is 2.17. The molecule has 8 nitrogen and oxygen atoms in total. The fraction of sp³-hybridized carbons (Fsp3) is 0.455. The Hall–Kier alpha value is -3.16. The molecule has 2 amide bonds. The van der Waals surface area contributed by atoms with Crippen molar-refractivity contribution in [3.05, 3.63) is 42.2 Å². The molecular formula is C22H28N4O4. The first kappa shape index (κ1) is 21.5. The van der Waals surface area contributed by atoms with Gasteiger partial charge in [-0.3, -0.25) is 19.1 Å². The summed E-state index contributed by atoms with van der Waals surface area (Å²) in [6.45, 7) is 0.128. The highest BCUT2D eigenvalue weighted by atomic mass is 16.5. The van der Waals surface area contributed by atoms with Crippen molar-refractivity contribution in [1.29, 1.82) is 0 Å². The lowest BCUT2D eigenvalue weighted by Crippen LogP contribution is -2.35. The summed E-state index contributed by atoms with van der Waals surface area (Å²) >= 11 is 0. The van der Waals surface area contributed by atoms with Gasteiger partial charge < -0.3 is 15.4 Å². The minimum atomic E-state index is -0.188. The molecule has 1 fully saturated rings. The molecule has 1 aliphatic rings. The van der Waals surface area contributed by atoms with Gasteiger partial charge in [0.25, 0.3) is 0 Å². The minimum absolute atomic E-state index is 0.00783. The first-order valence-corrected chi connectivity index (χ1v) is 10.3. The van der Waals surface area contributed by atoms with E-state index >= 15 is 0 Å². The van der Waals surface area contributed by atoms with E-state index in [-0.39, 0.29) is 36.6 Å². The van der Waals surface area contributed by atoms with Gasteiger partial charge in [0.05, 0.1) is 19.0 Å². The molecule has 2 aromatic rings. The Balaban J connectivity index is 1.37. The van der Waals surface area contributed by atoms with E-state index in [4.69, 9.17) is 4.74 Å². The summed E-state index contributed by atoms with van der Waals surface area (Å²) in [5, 5.41) is 9.89. The fourth-order valence-corrected chi connectivity index (χ4v) is 3.56. The maximum atomic E-state index is 12.2. The van der Waals surface area contributed by atoms with E-state index in [1.165, 1.54) is 10.9 Å². The molecule has 0 unspecified atom stereocenters. The molecule has 1 aliphatic carbocycles. The molecule has 0 saturated heterocycles. The number of ether oxygens (including phenoxy) is 1. The first-order valence-electron chi connectivity index (χ1n) is 10.3. The molecule has 1 heterocycles. The highest BCUT2D eigenvalue weighted by molar-refractivity contribution is 5.96. The third-order valence-corrected chi connectivity index (χ3v) is 5.16. The third-order valence-electron chi connectivity index (χ3n) is 5.16. The molecule has 160 valence electrons. The number of carbonyl (C=O) groups excluding carboxylic acids is 3. The zero-order chi connectivity index (χ0) is 21.3. The largest absolute Gasteiger partial charge is 0.497 e. The first-order chi connectivity index (χ1) is 14.5. The fourth-order valence-electron chi connectivity index (χ4n) is 3.56. The predicted octanol–water partition coefficient (Wildman–Crippen LogP) is 2.94. The van der Waals surface area contributed by atoms with Crippen LogP contribution in [0.15, 0.2) is 36.7 Å². The molecule has 1 saturated carbocycles. The van der Waals surface area contributed by atoms with Gasteiger partial charge in [0.15, 0.2) is 5.78 Å². The summed E-state index contributed by atoms with van der Waals surface area (Å²) in [4.78, 5) is 36.4. The predicted molar refractivity (Wildman–Crippen MR) is 112 cm³/mol. The summed E-state index contributed by atoms with van der Waals surface area (Å²) in [5.74, 6) is 0.432. The van der Waals surface area contributed by atoms with Crippen LogP contribution in [0.4, 0.5) is 5.69 Å². The van der Waals surface area contributed by atoms with Crippen molar-refractivity contribution in [1.82, 2.24) is 15.1 Å². The molecule has 0 atom stereocenters. The second-order valence-electron chi connectivity index (χ2n) is 7.53. The van der Waals surface area contributed by atoms with E-state index in [1.807, 2.05) is 0 Å². The van der Waals surface area contributed by atoms with Crippen LogP contribution in [0.3, 0.4) is 0 Å². The summed E-state index contributed by atoms with van der Waals surface area (Å²) in [6, 6.07) is 7.20. The van der Waals surface area contributed by atoms with Crippen molar-refractivity contribution in [2.45, 2.75) is 57.5 Å². The van der Waals surface area contributed by atoms with E-state index in [9.17, 15) is 14.4 Å². The Morgan fingerprint density at radius 1 is 1.10 bits per heavy atom. The summed E-state index contributed by atoms with van der Waals surface area (Å²) < 4.78 is 6.58. The second-order valence-corrected chi connectivity index (χ2v) is 7.53. The van der Waals surface area contributed by atoms with Crippen molar-refractivity contribution < 1.29 is 19.1 Å². The van der Waals surface area contributed by atoms with E-state index in [0.717, 1.165) is 25.7 Å². The highest BCUT2D eigenvalue weighted by Gasteiger charge is 2.17. The van der Waals surface area contributed by atoms with Crippen molar-refractivity contribution >= 4 is 23.3 Å². The van der Waals surface area contributed by atoms with E-state index < -0.39 is 0 Å². The van der Waals surface area contributed by atoms with Crippen LogP contribution in [0, 0.1) is 0 Å². The van der Waals surface area contributed by atoms with Crippen LogP contribution in [-0.2, 0) is 16.1 Å². The number of benzene rings is 1. The number of hydrogen-bond acceptors (Lipinski definition) is 5. The van der Waals surface area contributed by atoms with Crippen LogP contribution in [0.5, 0.6) is 5.75 Å². The number of anilines is 1. The number of nitrogens with zero attached hydrogens (tertiary/aromatic N) is 2. The lowest BCUT2D eigenvalue weighted by molar-refractivity contribution is -0.122. The third kappa shape index (κ3) is 6.43. The molecule has 3 rings (SSSR count). The number of methoxy groups -OCH3 is 1. The Morgan fingerprint density at radius 2 is 1.83 bits per heavy atom. The molecule has 1 aromatic heterocycles. The number of Topliss-reactive ketones (excluding diaryl/α,β-unsaturated/α-hetero) is 1. The lowest BCUT2D eigenvalue weighted by atomic mass is 10.1. The van der Waals surface area contributed by atoms with Crippen LogP contribution in [0.1, 0.15) is 55.3 Å². The SMILES string of the molecule is COc1ccc(C(=O)CCCC(=O)Nc2cnn(CC(=O)NC3CCCC3)c2)cc1. The van der Waals surface area contributed by atoms with Gasteiger partial charge in [-0.05, 0) is 43.5 Å². The van der Waals surface area contributed by atoms with Gasteiger partial charge in [0.1, 0.15) is 12.3 Å². The Labute approximate surface area is 176 Å². The molecular weight excluding hydrogens is 384 g/mol. The van der Waals surface area contributed by atoms with Gasteiger partial charge in [-0.15, -0.1) is 0 Å². The number of hydrogen-bond donors (Lipinski definition) is 2. The van der Waals surface area contributed by atoms with Crippen molar-refractivity contribution in [2.75, 3.05) is 12.4 Å². The van der Waals surface area contributed by atoms with Gasteiger partial charge >= 0.3 is 0 Å². The minimum Gasteiger partial charge on any atom is -0.497 e. The molecule has 0 aliphatic heterocycles. The molecule has 0 spiro atoms. The Morgan fingerprint density at radius 3 is 2.53 bits per heavy atom. The van der Waals surface area contributed by atoms with Crippen LogP contribution in [-0.4, -0.2) is 40.5 Å². The van der Waals surface area contributed by atoms with Gasteiger partial charge in [0.2, 0.25) is 11.8 Å². The van der Waals surface area contributed by atoms with Gasteiger partial charge in [-0.25, -0.2) is 0 Å². The number of rotatable bonds is 10. The average molecular weight is 412 g/mol. The molecule has 0 bridgehead atoms. The summed E-state index contributed by atoms with van der Waals surface area (Å²) in [6.07, 6.45) is 8.52. The maximum absolute atomic E-state index is 12.2. The quantitative estimate of drug-likeness (QED) is 0.584. The molecule has 30 heavy (non-hydrogen) atoms. The number of nitrogens with one attached hydrogen (secondary N) is 2. The maximum Gasteiger partial charge on any atom is 0.241 e. The van der Waals surface area contributed by atoms with Gasteiger partial charge in [-0.1, -0.05) is 12.8 Å². The van der Waals surface area contributed by atoms with E-state index in [2.05, 4.69) is 15.7 Å². The molecule has 1 aromatic carbocycles. The van der Waals surface area contributed by atoms with Crippen molar-refractivity contribution in [3.8, 4) is 5.75 Å². The zero-order valence-electron chi connectivity index (χ0n) is 17.2. The molecule has 8 heteroatoms. The topological polar surface area (TPSA) is 102 Å². The van der Waals surface area contributed by atoms with Gasteiger partial charge in [0, 0.05) is 30.6 Å². The Kier molecular flexibility index (Phi) is 7.59. The summed E-state index contributed by atoms with van der Waals surface area (Å²) in [5.41, 5.74) is 1.14. The second kappa shape index (κ2) is 10.6. The number of aromatic nitrogens is 2. The van der Waals surface area contributed by atoms with Gasteiger partial charge in [-0.2, -0.15) is 5.10 Å². The van der Waals surface area contributed by atoms with E-state index in [0.29, 0.717) is 29.8 Å². The number of ketones is 1. The van der Waals surface area contributed by atoms with E-state index in [1.54, 1.807) is 37.6 Å².